The average molecular weight is 440 g/mol. The third kappa shape index (κ3) is 2.29. The maximum atomic E-state index is 13.8. The van der Waals surface area contributed by atoms with Crippen molar-refractivity contribution in [2.24, 2.45) is 11.8 Å². The summed E-state index contributed by atoms with van der Waals surface area (Å²) in [5.41, 5.74) is 1.12. The molecule has 3 aromatic carbocycles. The molecule has 7 nitrogen and oxygen atoms in total. The maximum Gasteiger partial charge on any atom is 0.285 e. The number of benzene rings is 3. The van der Waals surface area contributed by atoms with Crippen molar-refractivity contribution in [1.82, 2.24) is 0 Å². The summed E-state index contributed by atoms with van der Waals surface area (Å²) in [5.74, 6) is -2.65. The summed E-state index contributed by atoms with van der Waals surface area (Å²) in [7, 11) is 0. The van der Waals surface area contributed by atoms with E-state index in [2.05, 4.69) is 0 Å². The first-order valence-corrected chi connectivity index (χ1v) is 11.0. The van der Waals surface area contributed by atoms with Crippen LogP contribution in [0.25, 0.3) is 0 Å². The molecule has 1 saturated heterocycles. The van der Waals surface area contributed by atoms with E-state index >= 15 is 0 Å². The van der Waals surface area contributed by atoms with Crippen LogP contribution in [0.4, 0.5) is 5.69 Å². The Labute approximate surface area is 189 Å². The van der Waals surface area contributed by atoms with Gasteiger partial charge in [0.25, 0.3) is 5.54 Å². The Morgan fingerprint density at radius 3 is 2.03 bits per heavy atom. The second-order valence-corrected chi connectivity index (χ2v) is 8.62. The van der Waals surface area contributed by atoms with E-state index < -0.39 is 35.1 Å². The molecular weight excluding hydrogens is 420 g/mol. The molecule has 7 rings (SSSR count). The molecule has 3 aromatic rings. The minimum absolute atomic E-state index is 0.357. The van der Waals surface area contributed by atoms with Crippen LogP contribution < -0.4 is 9.64 Å². The van der Waals surface area contributed by atoms with Gasteiger partial charge in [0.15, 0.2) is 0 Å². The Balaban J connectivity index is 1.58. The number of hydrogen-bond acceptors (Lipinski definition) is 5. The number of hydrogen-bond donors (Lipinski definition) is 0. The Morgan fingerprint density at radius 2 is 1.48 bits per heavy atom. The van der Waals surface area contributed by atoms with Crippen LogP contribution in [0.3, 0.4) is 0 Å². The number of rotatable bonds is 4. The van der Waals surface area contributed by atoms with Crippen LogP contribution in [0.5, 0.6) is 5.75 Å². The molecule has 2 amide bonds. The molecule has 7 heteroatoms. The van der Waals surface area contributed by atoms with E-state index in [0.717, 1.165) is 16.0 Å². The molecule has 0 spiro atoms. The molecule has 4 aliphatic rings. The fourth-order valence-electron chi connectivity index (χ4n) is 6.15. The third-order valence-electron chi connectivity index (χ3n) is 7.27. The van der Waals surface area contributed by atoms with Crippen LogP contribution >= 0.6 is 0 Å². The SMILES string of the molecule is CCOc1ccc(N2C(=O)C3C4c5ccccc5C([N+](=O)[O-])(c5ccccc54)C3C2=O)cc1. The fourth-order valence-corrected chi connectivity index (χ4v) is 6.15. The lowest BCUT2D eigenvalue weighted by atomic mass is 9.51. The highest BCUT2D eigenvalue weighted by molar-refractivity contribution is 6.23. The number of carbonyl (C=O) groups excluding carboxylic acids is 2. The monoisotopic (exact) mass is 440 g/mol. The van der Waals surface area contributed by atoms with Crippen molar-refractivity contribution in [2.75, 3.05) is 11.5 Å². The zero-order valence-corrected chi connectivity index (χ0v) is 17.8. The molecule has 2 unspecified atom stereocenters. The molecule has 1 fully saturated rings. The number of nitrogens with zero attached hydrogens (tertiary/aromatic N) is 2. The number of nitro groups is 1. The number of anilines is 1. The molecule has 0 aromatic heterocycles. The minimum Gasteiger partial charge on any atom is -0.494 e. The van der Waals surface area contributed by atoms with Crippen molar-refractivity contribution < 1.29 is 19.2 Å². The largest absolute Gasteiger partial charge is 0.494 e. The van der Waals surface area contributed by atoms with Gasteiger partial charge in [-0.2, -0.15) is 0 Å². The summed E-state index contributed by atoms with van der Waals surface area (Å²) in [6.07, 6.45) is 0. The van der Waals surface area contributed by atoms with Gasteiger partial charge < -0.3 is 4.74 Å². The molecule has 2 atom stereocenters. The second kappa shape index (κ2) is 6.75. The van der Waals surface area contributed by atoms with Gasteiger partial charge in [0.2, 0.25) is 11.8 Å². The quantitative estimate of drug-likeness (QED) is 0.349. The molecule has 33 heavy (non-hydrogen) atoms. The highest BCUT2D eigenvalue weighted by atomic mass is 16.6. The molecule has 0 radical (unpaired) electrons. The van der Waals surface area contributed by atoms with E-state index in [0.29, 0.717) is 29.2 Å². The Hall–Kier alpha value is -4.00. The zero-order chi connectivity index (χ0) is 22.9. The molecule has 2 bridgehead atoms. The predicted molar refractivity (Wildman–Crippen MR) is 120 cm³/mol. The van der Waals surface area contributed by atoms with Gasteiger partial charge in [-0.3, -0.25) is 19.7 Å². The third-order valence-corrected chi connectivity index (χ3v) is 7.27. The summed E-state index contributed by atoms with van der Waals surface area (Å²) >= 11 is 0. The van der Waals surface area contributed by atoms with Crippen molar-refractivity contribution in [1.29, 1.82) is 0 Å². The normalized spacial score (nSPS) is 26.6. The van der Waals surface area contributed by atoms with E-state index in [4.69, 9.17) is 4.74 Å². The first-order valence-electron chi connectivity index (χ1n) is 11.0. The van der Waals surface area contributed by atoms with Crippen LogP contribution in [0.2, 0.25) is 0 Å². The van der Waals surface area contributed by atoms with Crippen molar-refractivity contribution in [3.8, 4) is 5.75 Å². The smallest absolute Gasteiger partial charge is 0.285 e. The zero-order valence-electron chi connectivity index (χ0n) is 17.8. The van der Waals surface area contributed by atoms with E-state index in [1.54, 1.807) is 48.5 Å². The number of imide groups is 1. The van der Waals surface area contributed by atoms with Gasteiger partial charge in [-0.05, 0) is 42.3 Å². The first-order chi connectivity index (χ1) is 16.0. The summed E-state index contributed by atoms with van der Waals surface area (Å²) in [5, 5.41) is 12.9. The lowest BCUT2D eigenvalue weighted by Crippen LogP contribution is -2.57. The minimum atomic E-state index is -1.81. The lowest BCUT2D eigenvalue weighted by molar-refractivity contribution is -0.578. The predicted octanol–water partition coefficient (Wildman–Crippen LogP) is 3.87. The summed E-state index contributed by atoms with van der Waals surface area (Å²) in [6, 6.07) is 21.0. The fraction of sp³-hybridized carbons (Fsp3) is 0.231. The molecule has 0 saturated carbocycles. The van der Waals surface area contributed by atoms with Crippen LogP contribution in [0.1, 0.15) is 35.1 Å². The van der Waals surface area contributed by atoms with Gasteiger partial charge in [0.1, 0.15) is 11.7 Å². The van der Waals surface area contributed by atoms with Crippen molar-refractivity contribution in [3.05, 3.63) is 105 Å². The highest BCUT2D eigenvalue weighted by Gasteiger charge is 2.74. The highest BCUT2D eigenvalue weighted by Crippen LogP contribution is 2.64. The van der Waals surface area contributed by atoms with Crippen LogP contribution in [-0.4, -0.2) is 23.3 Å². The van der Waals surface area contributed by atoms with Gasteiger partial charge in [0.05, 0.1) is 18.2 Å². The van der Waals surface area contributed by atoms with E-state index in [9.17, 15) is 19.7 Å². The van der Waals surface area contributed by atoms with Gasteiger partial charge in [-0.15, -0.1) is 0 Å². The van der Waals surface area contributed by atoms with Gasteiger partial charge in [-0.25, -0.2) is 4.90 Å². The van der Waals surface area contributed by atoms with Gasteiger partial charge >= 0.3 is 0 Å². The first kappa shape index (κ1) is 19.7. The average Bonchev–Trinajstić information content (AvgIpc) is 3.10. The summed E-state index contributed by atoms with van der Waals surface area (Å²) < 4.78 is 5.47. The standard InChI is InChI=1S/C26H20N2O5/c1-2-33-16-13-11-15(12-14-16)27-24(29)22-21-17-7-3-5-9-19(17)26(28(31)32,23(22)25(27)30)20-10-6-4-8-18(20)21/h3-14,21-23H,2H2,1H3. The van der Waals surface area contributed by atoms with E-state index in [1.165, 1.54) is 0 Å². The van der Waals surface area contributed by atoms with Crippen LogP contribution in [0.15, 0.2) is 72.8 Å². The molecule has 164 valence electrons. The Bertz CT molecular complexity index is 1290. The summed E-state index contributed by atoms with van der Waals surface area (Å²) in [6.45, 7) is 2.36. The second-order valence-electron chi connectivity index (χ2n) is 8.62. The van der Waals surface area contributed by atoms with Crippen molar-refractivity contribution in [3.63, 3.8) is 0 Å². The van der Waals surface area contributed by atoms with Gasteiger partial charge in [0, 0.05) is 22.0 Å². The summed E-state index contributed by atoms with van der Waals surface area (Å²) in [4.78, 5) is 41.3. The van der Waals surface area contributed by atoms with Gasteiger partial charge in [-0.1, -0.05) is 48.5 Å². The lowest BCUT2D eigenvalue weighted by Gasteiger charge is -2.48. The number of carbonyl (C=O) groups is 2. The van der Waals surface area contributed by atoms with E-state index in [-0.39, 0.29) is 4.92 Å². The van der Waals surface area contributed by atoms with E-state index in [1.807, 2.05) is 31.2 Å². The molecule has 3 aliphatic carbocycles. The van der Waals surface area contributed by atoms with Crippen molar-refractivity contribution >= 4 is 17.5 Å². The molecule has 1 aliphatic heterocycles. The number of amides is 2. The Kier molecular flexibility index (Phi) is 4.02. The number of ether oxygens (including phenoxy) is 1. The molecular formula is C26H20N2O5. The topological polar surface area (TPSA) is 89.8 Å². The maximum absolute atomic E-state index is 13.8. The van der Waals surface area contributed by atoms with Crippen LogP contribution in [0, 0.1) is 22.0 Å². The van der Waals surface area contributed by atoms with Crippen LogP contribution in [-0.2, 0) is 15.1 Å². The van der Waals surface area contributed by atoms with Crippen molar-refractivity contribution in [2.45, 2.75) is 18.4 Å². The molecule has 0 N–H and O–H groups in total. The Morgan fingerprint density at radius 1 is 0.909 bits per heavy atom. The molecule has 1 heterocycles.